The van der Waals surface area contributed by atoms with E-state index in [4.69, 9.17) is 0 Å². The van der Waals surface area contributed by atoms with Gasteiger partial charge in [-0.15, -0.1) is 0 Å². The number of rotatable bonds is 9. The molecule has 0 spiro atoms. The zero-order valence-corrected chi connectivity index (χ0v) is 19.6. The third-order valence-corrected chi connectivity index (χ3v) is 5.74. The molecule has 9 nitrogen and oxygen atoms in total. The molecule has 35 heavy (non-hydrogen) atoms. The van der Waals surface area contributed by atoms with E-state index in [9.17, 15) is 14.7 Å². The molecule has 0 saturated carbocycles. The summed E-state index contributed by atoms with van der Waals surface area (Å²) in [7, 11) is 1.52. The van der Waals surface area contributed by atoms with Gasteiger partial charge in [0.1, 0.15) is 5.82 Å². The first kappa shape index (κ1) is 23.8. The molecule has 3 N–H and O–H groups in total. The van der Waals surface area contributed by atoms with E-state index in [-0.39, 0.29) is 6.61 Å². The van der Waals surface area contributed by atoms with Crippen LogP contribution >= 0.6 is 0 Å². The maximum Gasteiger partial charge on any atom is 0.322 e. The normalized spacial score (nSPS) is 11.6. The molecular formula is C26H28N6O3. The number of aliphatic hydroxyl groups is 1. The quantitative estimate of drug-likeness (QED) is 0.322. The number of urea groups is 1. The molecule has 2 aromatic heterocycles. The number of carbonyl (C=O) groups is 2. The number of anilines is 3. The van der Waals surface area contributed by atoms with Gasteiger partial charge in [-0.2, -0.15) is 0 Å². The molecule has 0 radical (unpaired) electrons. The number of aliphatic hydroxyl groups excluding tert-OH is 1. The van der Waals surface area contributed by atoms with Crippen molar-refractivity contribution in [3.8, 4) is 5.69 Å². The van der Waals surface area contributed by atoms with Crippen LogP contribution in [-0.2, 0) is 6.54 Å². The topological polar surface area (TPSA) is 104 Å². The van der Waals surface area contributed by atoms with Gasteiger partial charge in [-0.25, -0.2) is 9.78 Å². The fourth-order valence-corrected chi connectivity index (χ4v) is 3.92. The van der Waals surface area contributed by atoms with Gasteiger partial charge in [-0.1, -0.05) is 30.3 Å². The SMILES string of the molecule is CNC(=O)N(c1cn(Cc2ccc(-n3ccnc3)cc2)c(Nc2ccccc2)c1C=O)C(C)CO. The minimum atomic E-state index is -0.538. The average Bonchev–Trinajstić information content (AvgIpc) is 3.54. The summed E-state index contributed by atoms with van der Waals surface area (Å²) >= 11 is 0. The number of aromatic nitrogens is 3. The number of benzene rings is 2. The third kappa shape index (κ3) is 5.10. The second kappa shape index (κ2) is 10.7. The van der Waals surface area contributed by atoms with Crippen LogP contribution in [0.1, 0.15) is 22.8 Å². The second-order valence-corrected chi connectivity index (χ2v) is 8.11. The van der Waals surface area contributed by atoms with Gasteiger partial charge in [0.25, 0.3) is 0 Å². The van der Waals surface area contributed by atoms with E-state index in [1.165, 1.54) is 11.9 Å². The van der Waals surface area contributed by atoms with Crippen LogP contribution in [0.3, 0.4) is 0 Å². The van der Waals surface area contributed by atoms with Crippen LogP contribution in [0.5, 0.6) is 0 Å². The summed E-state index contributed by atoms with van der Waals surface area (Å²) in [6.07, 6.45) is 7.84. The largest absolute Gasteiger partial charge is 0.394 e. The van der Waals surface area contributed by atoms with Gasteiger partial charge < -0.3 is 24.9 Å². The van der Waals surface area contributed by atoms with Gasteiger partial charge in [-0.05, 0) is 36.8 Å². The summed E-state index contributed by atoms with van der Waals surface area (Å²) in [6.45, 7) is 1.92. The van der Waals surface area contributed by atoms with Gasteiger partial charge in [0, 0.05) is 43.6 Å². The number of amides is 2. The van der Waals surface area contributed by atoms with Gasteiger partial charge in [0.15, 0.2) is 6.29 Å². The summed E-state index contributed by atoms with van der Waals surface area (Å²) in [5.41, 5.74) is 3.53. The number of aldehydes is 1. The molecule has 1 unspecified atom stereocenters. The van der Waals surface area contributed by atoms with Crippen molar-refractivity contribution in [2.24, 2.45) is 0 Å². The Morgan fingerprint density at radius 2 is 1.91 bits per heavy atom. The molecule has 0 saturated heterocycles. The van der Waals surface area contributed by atoms with E-state index in [2.05, 4.69) is 15.6 Å². The van der Waals surface area contributed by atoms with E-state index < -0.39 is 12.1 Å². The molecule has 4 rings (SSSR count). The Morgan fingerprint density at radius 1 is 1.17 bits per heavy atom. The molecule has 0 aliphatic heterocycles. The predicted octanol–water partition coefficient (Wildman–Crippen LogP) is 3.80. The molecular weight excluding hydrogens is 444 g/mol. The van der Waals surface area contributed by atoms with Crippen LogP contribution < -0.4 is 15.5 Å². The Morgan fingerprint density at radius 3 is 2.51 bits per heavy atom. The zero-order valence-electron chi connectivity index (χ0n) is 19.6. The lowest BCUT2D eigenvalue weighted by atomic mass is 10.2. The minimum Gasteiger partial charge on any atom is -0.394 e. The third-order valence-electron chi connectivity index (χ3n) is 5.74. The number of para-hydroxylation sites is 1. The highest BCUT2D eigenvalue weighted by molar-refractivity contribution is 6.01. The molecule has 2 heterocycles. The van der Waals surface area contributed by atoms with Gasteiger partial charge in [0.2, 0.25) is 0 Å². The molecule has 0 fully saturated rings. The van der Waals surface area contributed by atoms with Crippen molar-refractivity contribution < 1.29 is 14.7 Å². The Kier molecular flexibility index (Phi) is 7.27. The second-order valence-electron chi connectivity index (χ2n) is 8.11. The van der Waals surface area contributed by atoms with Crippen molar-refractivity contribution in [1.29, 1.82) is 0 Å². The van der Waals surface area contributed by atoms with Crippen molar-refractivity contribution in [3.05, 3.63) is 90.6 Å². The van der Waals surface area contributed by atoms with Crippen LogP contribution in [0.2, 0.25) is 0 Å². The Balaban J connectivity index is 1.76. The van der Waals surface area contributed by atoms with E-state index in [0.717, 1.165) is 23.2 Å². The van der Waals surface area contributed by atoms with Crippen molar-refractivity contribution in [1.82, 2.24) is 19.4 Å². The first-order valence-corrected chi connectivity index (χ1v) is 11.2. The van der Waals surface area contributed by atoms with E-state index in [0.29, 0.717) is 23.6 Å². The average molecular weight is 473 g/mol. The highest BCUT2D eigenvalue weighted by Gasteiger charge is 2.28. The van der Waals surface area contributed by atoms with Crippen LogP contribution in [0.15, 0.2) is 79.5 Å². The summed E-state index contributed by atoms with van der Waals surface area (Å²) in [6, 6.07) is 16.6. The fourth-order valence-electron chi connectivity index (χ4n) is 3.92. The van der Waals surface area contributed by atoms with Gasteiger partial charge >= 0.3 is 6.03 Å². The molecule has 180 valence electrons. The van der Waals surface area contributed by atoms with E-state index in [1.807, 2.05) is 69.9 Å². The fraction of sp³-hybridized carbons (Fsp3) is 0.192. The lowest BCUT2D eigenvalue weighted by molar-refractivity contribution is 0.112. The first-order chi connectivity index (χ1) is 17.0. The zero-order chi connectivity index (χ0) is 24.8. The molecule has 0 bridgehead atoms. The molecule has 0 aliphatic carbocycles. The Hall–Kier alpha value is -4.37. The lowest BCUT2D eigenvalue weighted by Crippen LogP contribution is -2.45. The highest BCUT2D eigenvalue weighted by atomic mass is 16.3. The summed E-state index contributed by atoms with van der Waals surface area (Å²) in [5.74, 6) is 0.555. The van der Waals surface area contributed by atoms with Gasteiger partial charge in [0.05, 0.1) is 30.2 Å². The molecule has 2 aromatic carbocycles. The molecule has 1 atom stereocenters. The smallest absolute Gasteiger partial charge is 0.322 e. The van der Waals surface area contributed by atoms with Crippen LogP contribution in [0, 0.1) is 0 Å². The highest BCUT2D eigenvalue weighted by Crippen LogP contribution is 2.33. The Labute approximate surface area is 203 Å². The van der Waals surface area contributed by atoms with Crippen LogP contribution in [0.4, 0.5) is 22.0 Å². The number of hydrogen-bond acceptors (Lipinski definition) is 5. The maximum absolute atomic E-state index is 12.7. The lowest BCUT2D eigenvalue weighted by Gasteiger charge is -2.27. The number of nitrogens with one attached hydrogen (secondary N) is 2. The number of imidazole rings is 1. The molecule has 9 heteroatoms. The molecule has 0 aliphatic rings. The van der Waals surface area contributed by atoms with Crippen molar-refractivity contribution in [2.45, 2.75) is 19.5 Å². The van der Waals surface area contributed by atoms with Crippen LogP contribution in [-0.4, -0.2) is 51.2 Å². The minimum absolute atomic E-state index is 0.256. The maximum atomic E-state index is 12.7. The predicted molar refractivity (Wildman–Crippen MR) is 136 cm³/mol. The van der Waals surface area contributed by atoms with Crippen molar-refractivity contribution >= 4 is 29.5 Å². The standard InChI is InChI=1S/C26H28N6O3/c1-19(16-33)32(26(35)27-2)24-15-31(25(23(24)17-34)29-21-6-4-3-5-7-21)14-20-8-10-22(11-9-20)30-13-12-28-18-30/h3-13,15,17-19,29,33H,14,16H2,1-2H3,(H,27,35). The van der Waals surface area contributed by atoms with Crippen LogP contribution in [0.25, 0.3) is 5.69 Å². The number of hydrogen-bond donors (Lipinski definition) is 3. The van der Waals surface area contributed by atoms with Crippen molar-refractivity contribution in [3.63, 3.8) is 0 Å². The monoisotopic (exact) mass is 472 g/mol. The van der Waals surface area contributed by atoms with E-state index >= 15 is 0 Å². The van der Waals surface area contributed by atoms with Crippen molar-refractivity contribution in [2.75, 3.05) is 23.9 Å². The van der Waals surface area contributed by atoms with E-state index in [1.54, 1.807) is 25.6 Å². The summed E-state index contributed by atoms with van der Waals surface area (Å²) < 4.78 is 3.82. The number of nitrogens with zero attached hydrogens (tertiary/aromatic N) is 4. The first-order valence-electron chi connectivity index (χ1n) is 11.2. The summed E-state index contributed by atoms with van der Waals surface area (Å²) in [4.78, 5) is 30.5. The summed E-state index contributed by atoms with van der Waals surface area (Å²) in [5, 5.41) is 15.7. The molecule has 4 aromatic rings. The molecule has 2 amide bonds. The Bertz CT molecular complexity index is 1270. The number of carbonyl (C=O) groups excluding carboxylic acids is 2. The van der Waals surface area contributed by atoms with Gasteiger partial charge in [-0.3, -0.25) is 9.69 Å².